The predicted molar refractivity (Wildman–Crippen MR) is 65.2 cm³/mol. The largest absolute Gasteiger partial charge is 0.332 e. The molecule has 4 heteroatoms. The normalized spacial score (nSPS) is 10.9. The minimum Gasteiger partial charge on any atom is -0.332 e. The first-order valence-corrected chi connectivity index (χ1v) is 5.50. The van der Waals surface area contributed by atoms with Gasteiger partial charge in [-0.3, -0.25) is 4.98 Å². The van der Waals surface area contributed by atoms with Crippen molar-refractivity contribution in [1.82, 2.24) is 15.0 Å². The van der Waals surface area contributed by atoms with Crippen LogP contribution in [0.5, 0.6) is 0 Å². The van der Waals surface area contributed by atoms with Crippen LogP contribution in [0.25, 0.3) is 22.6 Å². The fourth-order valence-corrected chi connectivity index (χ4v) is 1.85. The highest BCUT2D eigenvalue weighted by Gasteiger charge is 2.08. The summed E-state index contributed by atoms with van der Waals surface area (Å²) in [5.74, 6) is 0.815. The third-order valence-corrected chi connectivity index (χ3v) is 2.72. The van der Waals surface area contributed by atoms with E-state index >= 15 is 0 Å². The number of aromatic nitrogens is 4. The van der Waals surface area contributed by atoms with Gasteiger partial charge in [0.15, 0.2) is 18.2 Å². The number of nitrogens with zero attached hydrogens (tertiary/aromatic N) is 3. The van der Waals surface area contributed by atoms with E-state index in [9.17, 15) is 0 Å². The summed E-state index contributed by atoms with van der Waals surface area (Å²) >= 11 is 0. The average molecular weight is 225 g/mol. The summed E-state index contributed by atoms with van der Waals surface area (Å²) in [7, 11) is 1.99. The van der Waals surface area contributed by atoms with E-state index in [0.717, 1.165) is 22.6 Å². The van der Waals surface area contributed by atoms with Crippen molar-refractivity contribution in [3.05, 3.63) is 42.4 Å². The highest BCUT2D eigenvalue weighted by molar-refractivity contribution is 5.76. The van der Waals surface area contributed by atoms with Crippen molar-refractivity contribution in [2.24, 2.45) is 7.05 Å². The summed E-state index contributed by atoms with van der Waals surface area (Å²) < 4.78 is 1.99. The second-order valence-corrected chi connectivity index (χ2v) is 4.21. The number of hydrogen-bond donors (Lipinski definition) is 1. The zero-order valence-corrected chi connectivity index (χ0v) is 9.81. The van der Waals surface area contributed by atoms with E-state index in [-0.39, 0.29) is 0 Å². The van der Waals surface area contributed by atoms with E-state index in [1.807, 2.05) is 49.1 Å². The number of hydrogen-bond acceptors (Lipinski definition) is 2. The number of H-pyrrole nitrogens is 1. The summed E-state index contributed by atoms with van der Waals surface area (Å²) in [6.45, 7) is 2.05. The van der Waals surface area contributed by atoms with Crippen LogP contribution in [-0.2, 0) is 7.05 Å². The van der Waals surface area contributed by atoms with Crippen molar-refractivity contribution in [2.75, 3.05) is 0 Å². The Morgan fingerprint density at radius 1 is 1.29 bits per heavy atom. The van der Waals surface area contributed by atoms with Gasteiger partial charge in [-0.25, -0.2) is 9.55 Å². The fourth-order valence-electron chi connectivity index (χ4n) is 1.85. The zero-order chi connectivity index (χ0) is 11.8. The maximum Gasteiger partial charge on any atom is 0.194 e. The van der Waals surface area contributed by atoms with Gasteiger partial charge in [-0.05, 0) is 24.6 Å². The van der Waals surface area contributed by atoms with E-state index in [4.69, 9.17) is 0 Å². The molecule has 0 atom stereocenters. The molecule has 1 N–H and O–H groups in total. The molecular weight excluding hydrogens is 212 g/mol. The minimum absolute atomic E-state index is 0.815. The molecule has 0 unspecified atom stereocenters. The molecule has 0 aromatic carbocycles. The van der Waals surface area contributed by atoms with Gasteiger partial charge in [0.1, 0.15) is 23.8 Å². The molecule has 17 heavy (non-hydrogen) atoms. The highest BCUT2D eigenvalue weighted by atomic mass is 15.0. The van der Waals surface area contributed by atoms with Crippen molar-refractivity contribution in [3.63, 3.8) is 0 Å². The van der Waals surface area contributed by atoms with Gasteiger partial charge in [0.25, 0.3) is 0 Å². The van der Waals surface area contributed by atoms with Crippen LogP contribution in [0, 0.1) is 6.92 Å². The molecule has 84 valence electrons. The first kappa shape index (κ1) is 9.96. The zero-order valence-electron chi connectivity index (χ0n) is 9.81. The molecule has 3 heterocycles. The van der Waals surface area contributed by atoms with Crippen molar-refractivity contribution in [2.45, 2.75) is 6.92 Å². The quantitative estimate of drug-likeness (QED) is 0.641. The molecule has 0 aliphatic carbocycles. The number of pyridine rings is 2. The Bertz CT molecular complexity index is 685. The number of nitrogens with one attached hydrogen (secondary N) is 1. The molecule has 4 nitrogen and oxygen atoms in total. The number of imidazole rings is 1. The van der Waals surface area contributed by atoms with E-state index < -0.39 is 0 Å². The number of aryl methyl sites for hydroxylation is 2. The summed E-state index contributed by atoms with van der Waals surface area (Å²) in [5, 5.41) is 0. The van der Waals surface area contributed by atoms with Gasteiger partial charge in [-0.2, -0.15) is 0 Å². The van der Waals surface area contributed by atoms with Gasteiger partial charge in [0.2, 0.25) is 0 Å². The Morgan fingerprint density at radius 3 is 3.00 bits per heavy atom. The molecule has 0 fully saturated rings. The molecule has 3 rings (SSSR count). The van der Waals surface area contributed by atoms with E-state index in [2.05, 4.69) is 15.0 Å². The molecule has 0 radical (unpaired) electrons. The molecule has 0 bridgehead atoms. The maximum absolute atomic E-state index is 4.53. The second-order valence-electron chi connectivity index (χ2n) is 4.21. The monoisotopic (exact) mass is 225 g/mol. The molecule has 3 aromatic heterocycles. The van der Waals surface area contributed by atoms with Crippen LogP contribution in [0.1, 0.15) is 5.56 Å². The van der Waals surface area contributed by atoms with Gasteiger partial charge >= 0.3 is 0 Å². The van der Waals surface area contributed by atoms with E-state index in [1.54, 1.807) is 6.20 Å². The molecule has 0 saturated carbocycles. The Hall–Kier alpha value is -2.23. The van der Waals surface area contributed by atoms with Crippen LogP contribution < -0.4 is 4.57 Å². The van der Waals surface area contributed by atoms with Gasteiger partial charge in [0.05, 0.1) is 0 Å². The summed E-state index contributed by atoms with van der Waals surface area (Å²) in [6.07, 6.45) is 5.80. The standard InChI is InChI=1S/C13H12N4/c1-9-3-5-14-11(7-9)13-15-10-4-6-17(2)8-12(10)16-13/h3-8H,1-2H3/p+1. The molecule has 0 spiro atoms. The lowest BCUT2D eigenvalue weighted by atomic mass is 10.2. The van der Waals surface area contributed by atoms with E-state index in [0.29, 0.717) is 0 Å². The van der Waals surface area contributed by atoms with E-state index in [1.165, 1.54) is 5.56 Å². The topological polar surface area (TPSA) is 45.5 Å². The molecular formula is C13H13N4+. The lowest BCUT2D eigenvalue weighted by Crippen LogP contribution is -2.25. The maximum atomic E-state index is 4.53. The Balaban J connectivity index is 2.18. The summed E-state index contributed by atoms with van der Waals surface area (Å²) in [5.41, 5.74) is 4.04. The van der Waals surface area contributed by atoms with Crippen molar-refractivity contribution in [1.29, 1.82) is 0 Å². The van der Waals surface area contributed by atoms with Crippen LogP contribution in [0.15, 0.2) is 36.8 Å². The lowest BCUT2D eigenvalue weighted by molar-refractivity contribution is -0.670. The minimum atomic E-state index is 0.815. The number of aromatic amines is 1. The Labute approximate surface area is 99.0 Å². The summed E-state index contributed by atoms with van der Waals surface area (Å²) in [4.78, 5) is 12.1. The van der Waals surface area contributed by atoms with Gasteiger partial charge in [-0.15, -0.1) is 0 Å². The van der Waals surface area contributed by atoms with Gasteiger partial charge in [-0.1, -0.05) is 0 Å². The van der Waals surface area contributed by atoms with Crippen molar-refractivity contribution < 1.29 is 4.57 Å². The number of fused-ring (bicyclic) bond motifs is 1. The summed E-state index contributed by atoms with van der Waals surface area (Å²) in [6, 6.07) is 6.00. The van der Waals surface area contributed by atoms with Crippen LogP contribution in [-0.4, -0.2) is 15.0 Å². The first-order chi connectivity index (χ1) is 8.22. The first-order valence-electron chi connectivity index (χ1n) is 5.50. The van der Waals surface area contributed by atoms with Crippen molar-refractivity contribution >= 4 is 11.0 Å². The molecule has 0 amide bonds. The van der Waals surface area contributed by atoms with Gasteiger partial charge < -0.3 is 4.98 Å². The van der Waals surface area contributed by atoms with Crippen LogP contribution >= 0.6 is 0 Å². The molecule has 0 aliphatic rings. The third-order valence-electron chi connectivity index (χ3n) is 2.72. The molecule has 0 saturated heterocycles. The third kappa shape index (κ3) is 1.78. The smallest absolute Gasteiger partial charge is 0.194 e. The SMILES string of the molecule is Cc1ccnc(-c2nc3cc[n+](C)cc3[nH]2)c1. The van der Waals surface area contributed by atoms with Crippen LogP contribution in [0.4, 0.5) is 0 Å². The fraction of sp³-hybridized carbons (Fsp3) is 0.154. The second kappa shape index (κ2) is 3.66. The average Bonchev–Trinajstić information content (AvgIpc) is 2.72. The van der Waals surface area contributed by atoms with Crippen LogP contribution in [0.2, 0.25) is 0 Å². The number of rotatable bonds is 1. The Morgan fingerprint density at radius 2 is 2.18 bits per heavy atom. The lowest BCUT2D eigenvalue weighted by Gasteiger charge is -1.96. The molecule has 3 aromatic rings. The van der Waals surface area contributed by atoms with Gasteiger partial charge in [0, 0.05) is 12.3 Å². The van der Waals surface area contributed by atoms with Crippen molar-refractivity contribution in [3.8, 4) is 11.5 Å². The molecule has 0 aliphatic heterocycles. The Kier molecular flexibility index (Phi) is 2.14. The highest BCUT2D eigenvalue weighted by Crippen LogP contribution is 2.17. The van der Waals surface area contributed by atoms with Crippen LogP contribution in [0.3, 0.4) is 0 Å². The predicted octanol–water partition coefficient (Wildman–Crippen LogP) is 1.76.